The van der Waals surface area contributed by atoms with Crippen molar-refractivity contribution in [2.24, 2.45) is 22.7 Å². The lowest BCUT2D eigenvalue weighted by Gasteiger charge is -2.53. The van der Waals surface area contributed by atoms with Gasteiger partial charge < -0.3 is 4.74 Å². The van der Waals surface area contributed by atoms with Gasteiger partial charge in [0.2, 0.25) is 0 Å². The molecule has 0 aromatic carbocycles. The van der Waals surface area contributed by atoms with Crippen molar-refractivity contribution in [1.29, 1.82) is 0 Å². The number of ether oxygens (including phenoxy) is 1. The molecule has 88 valence electrons. The lowest BCUT2D eigenvalue weighted by molar-refractivity contribution is -0.190. The molecule has 1 saturated heterocycles. The average Bonchev–Trinajstić information content (AvgIpc) is 2.42. The molecule has 0 aromatic rings. The van der Waals surface area contributed by atoms with Gasteiger partial charge >= 0.3 is 0 Å². The van der Waals surface area contributed by atoms with Crippen molar-refractivity contribution in [2.75, 3.05) is 0 Å². The Labute approximate surface area is 94.6 Å². The van der Waals surface area contributed by atoms with E-state index in [4.69, 9.17) is 4.74 Å². The highest BCUT2D eigenvalue weighted by Gasteiger charge is 2.72. The fourth-order valence-corrected chi connectivity index (χ4v) is 4.95. The van der Waals surface area contributed by atoms with Gasteiger partial charge in [-0.1, -0.05) is 41.5 Å². The van der Waals surface area contributed by atoms with Crippen LogP contribution in [0, 0.1) is 22.7 Å². The molecule has 0 amide bonds. The summed E-state index contributed by atoms with van der Waals surface area (Å²) in [6, 6.07) is 0. The molecule has 0 spiro atoms. The SMILES string of the molecule is CC[C@@]12O[C@@H](C)C([C@@H]1C)C(C)(C)C2(C)C. The van der Waals surface area contributed by atoms with Crippen LogP contribution in [0.25, 0.3) is 0 Å². The minimum atomic E-state index is 0.112. The topological polar surface area (TPSA) is 9.23 Å². The summed E-state index contributed by atoms with van der Waals surface area (Å²) in [6.45, 7) is 16.6. The maximum atomic E-state index is 6.36. The van der Waals surface area contributed by atoms with E-state index < -0.39 is 0 Å². The van der Waals surface area contributed by atoms with E-state index in [1.54, 1.807) is 0 Å². The highest BCUT2D eigenvalue weighted by atomic mass is 16.5. The van der Waals surface area contributed by atoms with Crippen LogP contribution < -0.4 is 0 Å². The fourth-order valence-electron chi connectivity index (χ4n) is 4.95. The van der Waals surface area contributed by atoms with Gasteiger partial charge in [0, 0.05) is 0 Å². The summed E-state index contributed by atoms with van der Waals surface area (Å²) in [7, 11) is 0. The van der Waals surface area contributed by atoms with E-state index in [2.05, 4.69) is 48.5 Å². The largest absolute Gasteiger partial charge is 0.371 e. The molecule has 1 unspecified atom stereocenters. The molecule has 0 aromatic heterocycles. The molecule has 1 saturated carbocycles. The van der Waals surface area contributed by atoms with Crippen LogP contribution in [0.1, 0.15) is 54.9 Å². The summed E-state index contributed by atoms with van der Waals surface area (Å²) in [5.74, 6) is 1.41. The molecule has 2 fully saturated rings. The zero-order valence-corrected chi connectivity index (χ0v) is 11.3. The smallest absolute Gasteiger partial charge is 0.0768 e. The molecule has 1 heteroatoms. The van der Waals surface area contributed by atoms with E-state index in [1.807, 2.05) is 0 Å². The number of fused-ring (bicyclic) bond motifs is 2. The van der Waals surface area contributed by atoms with Crippen molar-refractivity contribution in [3.05, 3.63) is 0 Å². The Morgan fingerprint density at radius 1 is 1.07 bits per heavy atom. The van der Waals surface area contributed by atoms with Crippen molar-refractivity contribution in [3.63, 3.8) is 0 Å². The minimum absolute atomic E-state index is 0.112. The molecular weight excluding hydrogens is 184 g/mol. The molecule has 1 aliphatic carbocycles. The number of rotatable bonds is 1. The minimum Gasteiger partial charge on any atom is -0.371 e. The summed E-state index contributed by atoms with van der Waals surface area (Å²) < 4.78 is 6.36. The van der Waals surface area contributed by atoms with Crippen LogP contribution in [0.5, 0.6) is 0 Å². The van der Waals surface area contributed by atoms with Gasteiger partial charge in [0.05, 0.1) is 11.7 Å². The first kappa shape index (κ1) is 11.4. The normalized spacial score (nSPS) is 51.0. The van der Waals surface area contributed by atoms with Gasteiger partial charge in [-0.15, -0.1) is 0 Å². The molecule has 1 heterocycles. The van der Waals surface area contributed by atoms with Gasteiger partial charge in [-0.3, -0.25) is 0 Å². The first-order chi connectivity index (χ1) is 6.72. The lowest BCUT2D eigenvalue weighted by atomic mass is 9.60. The van der Waals surface area contributed by atoms with E-state index >= 15 is 0 Å². The predicted molar refractivity (Wildman–Crippen MR) is 63.8 cm³/mol. The van der Waals surface area contributed by atoms with Crippen LogP contribution in [0.4, 0.5) is 0 Å². The Morgan fingerprint density at radius 2 is 1.60 bits per heavy atom. The van der Waals surface area contributed by atoms with Crippen molar-refractivity contribution in [3.8, 4) is 0 Å². The number of hydrogen-bond acceptors (Lipinski definition) is 1. The lowest BCUT2D eigenvalue weighted by Crippen LogP contribution is -2.53. The second-order valence-corrected chi connectivity index (χ2v) is 6.73. The van der Waals surface area contributed by atoms with Crippen LogP contribution in [0.3, 0.4) is 0 Å². The van der Waals surface area contributed by atoms with E-state index in [0.29, 0.717) is 23.4 Å². The Hall–Kier alpha value is -0.0400. The van der Waals surface area contributed by atoms with E-state index in [1.165, 1.54) is 0 Å². The van der Waals surface area contributed by atoms with Crippen LogP contribution in [-0.4, -0.2) is 11.7 Å². The maximum Gasteiger partial charge on any atom is 0.0768 e. The summed E-state index contributed by atoms with van der Waals surface area (Å²) in [5.41, 5.74) is 0.784. The molecule has 4 atom stereocenters. The molecule has 15 heavy (non-hydrogen) atoms. The van der Waals surface area contributed by atoms with Crippen molar-refractivity contribution in [1.82, 2.24) is 0 Å². The predicted octanol–water partition coefficient (Wildman–Crippen LogP) is 3.87. The van der Waals surface area contributed by atoms with E-state index in [0.717, 1.165) is 6.42 Å². The molecule has 1 aliphatic heterocycles. The highest BCUT2D eigenvalue weighted by molar-refractivity contribution is 5.20. The highest BCUT2D eigenvalue weighted by Crippen LogP contribution is 2.71. The Kier molecular flexibility index (Phi) is 2.13. The average molecular weight is 210 g/mol. The summed E-state index contributed by atoms with van der Waals surface area (Å²) >= 11 is 0. The maximum absolute atomic E-state index is 6.36. The first-order valence-electron chi connectivity index (χ1n) is 6.40. The Morgan fingerprint density at radius 3 is 1.93 bits per heavy atom. The molecule has 2 aliphatic rings. The summed E-state index contributed by atoms with van der Waals surface area (Å²) in [5, 5.41) is 0. The molecule has 0 radical (unpaired) electrons. The van der Waals surface area contributed by atoms with Gasteiger partial charge in [0.15, 0.2) is 0 Å². The van der Waals surface area contributed by atoms with Crippen LogP contribution in [-0.2, 0) is 4.74 Å². The molecule has 2 bridgehead atoms. The summed E-state index contributed by atoms with van der Waals surface area (Å²) in [6.07, 6.45) is 1.58. The molecule has 2 rings (SSSR count). The number of hydrogen-bond donors (Lipinski definition) is 0. The van der Waals surface area contributed by atoms with Gasteiger partial charge in [-0.2, -0.15) is 0 Å². The van der Waals surface area contributed by atoms with Gasteiger partial charge in [0.1, 0.15) is 0 Å². The molecule has 1 nitrogen and oxygen atoms in total. The second-order valence-electron chi connectivity index (χ2n) is 6.73. The Balaban J connectivity index is 2.56. The molecule has 0 N–H and O–H groups in total. The zero-order valence-electron chi connectivity index (χ0n) is 11.3. The standard InChI is InChI=1S/C14H26O/c1-8-14-9(2)11(10(3)15-14)12(4,5)13(14,6)7/h9-11H,8H2,1-7H3/t9-,10-,11?,14+/m0/s1. The van der Waals surface area contributed by atoms with Crippen LogP contribution in [0.2, 0.25) is 0 Å². The fraction of sp³-hybridized carbons (Fsp3) is 1.00. The second kappa shape index (κ2) is 2.80. The van der Waals surface area contributed by atoms with Crippen molar-refractivity contribution in [2.45, 2.75) is 66.6 Å². The third-order valence-electron chi connectivity index (χ3n) is 6.20. The van der Waals surface area contributed by atoms with Gasteiger partial charge in [-0.25, -0.2) is 0 Å². The monoisotopic (exact) mass is 210 g/mol. The van der Waals surface area contributed by atoms with Crippen molar-refractivity contribution < 1.29 is 4.74 Å². The van der Waals surface area contributed by atoms with Crippen LogP contribution >= 0.6 is 0 Å². The van der Waals surface area contributed by atoms with Gasteiger partial charge in [-0.05, 0) is 36.0 Å². The third kappa shape index (κ3) is 0.945. The first-order valence-corrected chi connectivity index (χ1v) is 6.40. The van der Waals surface area contributed by atoms with Crippen molar-refractivity contribution >= 4 is 0 Å². The van der Waals surface area contributed by atoms with Crippen LogP contribution in [0.15, 0.2) is 0 Å². The molecular formula is C14H26O. The van der Waals surface area contributed by atoms with Gasteiger partial charge in [0.25, 0.3) is 0 Å². The zero-order chi connectivity index (χ0) is 11.6. The third-order valence-corrected chi connectivity index (χ3v) is 6.20. The Bertz CT molecular complexity index is 279. The van der Waals surface area contributed by atoms with E-state index in [9.17, 15) is 0 Å². The van der Waals surface area contributed by atoms with E-state index in [-0.39, 0.29) is 11.0 Å². The summed E-state index contributed by atoms with van der Waals surface area (Å²) in [4.78, 5) is 0. The quantitative estimate of drug-likeness (QED) is 0.638.